The zero-order valence-corrected chi connectivity index (χ0v) is 22.8. The van der Waals surface area contributed by atoms with Gasteiger partial charge in [-0.15, -0.1) is 0 Å². The second-order valence-corrected chi connectivity index (χ2v) is 11.0. The fraction of sp³-hybridized carbons (Fsp3) is 0.308. The van der Waals surface area contributed by atoms with Gasteiger partial charge in [0.15, 0.2) is 11.6 Å². The Hall–Kier alpha value is -2.99. The summed E-state index contributed by atoms with van der Waals surface area (Å²) in [5.74, 6) is -1.36. The molecule has 1 N–H and O–H groups in total. The van der Waals surface area contributed by atoms with Crippen LogP contribution in [0.1, 0.15) is 55.6 Å². The number of ketones is 2. The van der Waals surface area contributed by atoms with Crippen molar-refractivity contribution in [2.24, 2.45) is 0 Å². The summed E-state index contributed by atoms with van der Waals surface area (Å²) in [5, 5.41) is 15.0. The molecule has 12 heteroatoms. The van der Waals surface area contributed by atoms with E-state index in [0.29, 0.717) is 76.3 Å². The predicted octanol–water partition coefficient (Wildman–Crippen LogP) is 7.63. The normalized spacial score (nSPS) is 18.2. The van der Waals surface area contributed by atoms with Crippen LogP contribution in [-0.2, 0) is 15.8 Å². The molecule has 2 aliphatic carbocycles. The van der Waals surface area contributed by atoms with Gasteiger partial charge in [-0.25, -0.2) is 0 Å². The van der Waals surface area contributed by atoms with Gasteiger partial charge in [0.05, 0.1) is 15.0 Å². The average Bonchev–Trinajstić information content (AvgIpc) is 2.84. The summed E-state index contributed by atoms with van der Waals surface area (Å²) in [4.78, 5) is 37.2. The molecule has 0 radical (unpaired) electrons. The first-order valence-corrected chi connectivity index (χ1v) is 13.4. The Kier molecular flexibility index (Phi) is 6.97. The van der Waals surface area contributed by atoms with E-state index in [-0.39, 0.29) is 17.3 Å². The minimum absolute atomic E-state index is 0.0680. The first kappa shape index (κ1) is 26.6. The highest BCUT2D eigenvalue weighted by Crippen LogP contribution is 2.51. The summed E-state index contributed by atoms with van der Waals surface area (Å²) in [6.07, 6.45) is -1.59. The maximum atomic E-state index is 13.2. The lowest BCUT2D eigenvalue weighted by Crippen LogP contribution is -2.36. The van der Waals surface area contributed by atoms with Crippen molar-refractivity contribution < 1.29 is 32.4 Å². The molecule has 5 rings (SSSR count). The van der Waals surface area contributed by atoms with Crippen molar-refractivity contribution >= 4 is 49.1 Å². The van der Waals surface area contributed by atoms with Gasteiger partial charge in [-0.2, -0.15) is 13.2 Å². The van der Waals surface area contributed by atoms with E-state index in [0.717, 1.165) is 17.5 Å². The van der Waals surface area contributed by atoms with Crippen molar-refractivity contribution in [2.75, 3.05) is 0 Å². The predicted molar refractivity (Wildman–Crippen MR) is 138 cm³/mol. The first-order chi connectivity index (χ1) is 18.0. The van der Waals surface area contributed by atoms with E-state index in [9.17, 15) is 32.9 Å². The topological polar surface area (TPSA) is 98.5 Å². The van der Waals surface area contributed by atoms with Gasteiger partial charge >= 0.3 is 11.9 Å². The standard InChI is InChI=1S/C26H19Br2F3N2O5/c27-13-10-14(22-23-16(3-1-5-19(23)34)32-17-4-2-6-20(35)24(17)22)25(15(28)11-13)38-21-8-7-12(26(29,30)31)9-18(21)33(36)37/h7-11,22,32H,1-6H2. The molecule has 0 saturated heterocycles. The number of nitrogens with one attached hydrogen (secondary N) is 1. The lowest BCUT2D eigenvalue weighted by Gasteiger charge is -2.37. The van der Waals surface area contributed by atoms with E-state index in [4.69, 9.17) is 4.74 Å². The smallest absolute Gasteiger partial charge is 0.416 e. The SMILES string of the molecule is O=C1CCCC2=C1C(c1cc(Br)cc(Br)c1Oc1ccc(C(F)(F)F)cc1[N+](=O)[O-])C1=C(CCCC1=O)N2. The van der Waals surface area contributed by atoms with Gasteiger partial charge in [-0.1, -0.05) is 15.9 Å². The van der Waals surface area contributed by atoms with Crippen molar-refractivity contribution in [2.45, 2.75) is 50.6 Å². The monoisotopic (exact) mass is 654 g/mol. The molecule has 0 aromatic heterocycles. The summed E-state index contributed by atoms with van der Waals surface area (Å²) in [5.41, 5.74) is 0.712. The van der Waals surface area contributed by atoms with Gasteiger partial charge in [0.2, 0.25) is 5.75 Å². The van der Waals surface area contributed by atoms with E-state index in [2.05, 4.69) is 37.2 Å². The van der Waals surface area contributed by atoms with Crippen LogP contribution in [0, 0.1) is 10.1 Å². The zero-order chi connectivity index (χ0) is 27.4. The lowest BCUT2D eigenvalue weighted by atomic mass is 9.71. The minimum Gasteiger partial charge on any atom is -0.449 e. The number of nitro groups is 1. The molecule has 1 aliphatic heterocycles. The van der Waals surface area contributed by atoms with Crippen molar-refractivity contribution in [3.05, 3.63) is 83.1 Å². The van der Waals surface area contributed by atoms with Crippen molar-refractivity contribution in [1.82, 2.24) is 5.32 Å². The molecule has 3 aliphatic rings. The number of carbonyl (C=O) groups is 2. The van der Waals surface area contributed by atoms with E-state index in [1.165, 1.54) is 0 Å². The van der Waals surface area contributed by atoms with E-state index in [1.54, 1.807) is 12.1 Å². The Bertz CT molecular complexity index is 1420. The van der Waals surface area contributed by atoms with Crippen molar-refractivity contribution in [3.8, 4) is 11.5 Å². The van der Waals surface area contributed by atoms with Gasteiger partial charge < -0.3 is 10.1 Å². The Labute approximate surface area is 231 Å². The van der Waals surface area contributed by atoms with Crippen LogP contribution in [0.5, 0.6) is 11.5 Å². The number of nitrogens with zero attached hydrogens (tertiary/aromatic N) is 1. The molecular weight excluding hydrogens is 637 g/mol. The van der Waals surface area contributed by atoms with Crippen LogP contribution in [0.4, 0.5) is 18.9 Å². The fourth-order valence-electron chi connectivity index (χ4n) is 5.23. The summed E-state index contributed by atoms with van der Waals surface area (Å²) >= 11 is 6.85. The summed E-state index contributed by atoms with van der Waals surface area (Å²) < 4.78 is 46.6. The maximum absolute atomic E-state index is 13.2. The lowest BCUT2D eigenvalue weighted by molar-refractivity contribution is -0.385. The summed E-state index contributed by atoms with van der Waals surface area (Å²) in [7, 11) is 0. The molecule has 0 fully saturated rings. The highest BCUT2D eigenvalue weighted by Gasteiger charge is 2.42. The Morgan fingerprint density at radius 1 is 0.947 bits per heavy atom. The van der Waals surface area contributed by atoms with Crippen LogP contribution in [0.25, 0.3) is 0 Å². The third-order valence-corrected chi connectivity index (χ3v) is 7.88. The van der Waals surface area contributed by atoms with Gasteiger partial charge in [-0.3, -0.25) is 19.7 Å². The second kappa shape index (κ2) is 9.96. The number of Topliss-reactive ketones (excluding diaryl/α,β-unsaturated/α-hetero) is 2. The zero-order valence-electron chi connectivity index (χ0n) is 19.6. The minimum atomic E-state index is -4.78. The molecule has 0 bridgehead atoms. The van der Waals surface area contributed by atoms with Crippen molar-refractivity contribution in [1.29, 1.82) is 0 Å². The van der Waals surface area contributed by atoms with E-state index in [1.807, 2.05) is 0 Å². The van der Waals surface area contributed by atoms with Gasteiger partial charge in [0.25, 0.3) is 0 Å². The van der Waals surface area contributed by atoms with Crippen molar-refractivity contribution in [3.63, 3.8) is 0 Å². The van der Waals surface area contributed by atoms with E-state index >= 15 is 0 Å². The summed E-state index contributed by atoms with van der Waals surface area (Å²) in [6, 6.07) is 5.31. The first-order valence-electron chi connectivity index (χ1n) is 11.8. The number of carbonyl (C=O) groups excluding carboxylic acids is 2. The molecule has 198 valence electrons. The van der Waals surface area contributed by atoms with Crippen LogP contribution in [0.15, 0.2) is 61.8 Å². The molecule has 0 spiro atoms. The van der Waals surface area contributed by atoms with Gasteiger partial charge in [0.1, 0.15) is 5.75 Å². The highest BCUT2D eigenvalue weighted by molar-refractivity contribution is 9.11. The molecule has 2 aromatic carbocycles. The number of rotatable bonds is 4. The number of hydrogen-bond donors (Lipinski definition) is 1. The van der Waals surface area contributed by atoms with Crippen LogP contribution in [-0.4, -0.2) is 16.5 Å². The second-order valence-electron chi connectivity index (χ2n) is 9.24. The average molecular weight is 656 g/mol. The van der Waals surface area contributed by atoms with Crippen LogP contribution in [0.3, 0.4) is 0 Å². The summed E-state index contributed by atoms with van der Waals surface area (Å²) in [6.45, 7) is 0. The molecule has 38 heavy (non-hydrogen) atoms. The quantitative estimate of drug-likeness (QED) is 0.269. The number of nitro benzene ring substituents is 1. The molecule has 0 atom stereocenters. The number of hydrogen-bond acceptors (Lipinski definition) is 6. The molecule has 2 aromatic rings. The fourth-order valence-corrected chi connectivity index (χ4v) is 6.57. The van der Waals surface area contributed by atoms with Crippen LogP contribution < -0.4 is 10.1 Å². The van der Waals surface area contributed by atoms with Gasteiger partial charge in [0, 0.05) is 57.4 Å². The third-order valence-electron chi connectivity index (χ3n) is 6.83. The molecule has 0 amide bonds. The third kappa shape index (κ3) is 4.79. The number of allylic oxidation sites excluding steroid dienone is 4. The molecule has 0 saturated carbocycles. The number of benzene rings is 2. The highest BCUT2D eigenvalue weighted by atomic mass is 79.9. The van der Waals surface area contributed by atoms with Crippen LogP contribution in [0.2, 0.25) is 0 Å². The number of dihydropyridines is 1. The van der Waals surface area contributed by atoms with Gasteiger partial charge in [-0.05, 0) is 65.9 Å². The molecular formula is C26H19Br2F3N2O5. The molecule has 1 heterocycles. The molecule has 7 nitrogen and oxygen atoms in total. The maximum Gasteiger partial charge on any atom is 0.416 e. The Morgan fingerprint density at radius 2 is 1.55 bits per heavy atom. The molecule has 0 unspecified atom stereocenters. The number of ether oxygens (including phenoxy) is 1. The number of halogens is 5. The Balaban J connectivity index is 1.71. The number of alkyl halides is 3. The van der Waals surface area contributed by atoms with Crippen LogP contribution >= 0.6 is 31.9 Å². The Morgan fingerprint density at radius 3 is 2.11 bits per heavy atom. The van der Waals surface area contributed by atoms with E-state index < -0.39 is 34.0 Å². The largest absolute Gasteiger partial charge is 0.449 e.